The predicted molar refractivity (Wildman–Crippen MR) is 92.3 cm³/mol. The molecule has 0 fully saturated rings. The topological polar surface area (TPSA) is 94.3 Å². The van der Waals surface area contributed by atoms with Crippen LogP contribution in [-0.4, -0.2) is 29.1 Å². The molecule has 128 valence electrons. The standard InChI is InChI=1S/C17H15N3O4S/c1-23-17(22)11-4-2-5-12(10-11)18-14(21)7-8-15-19-16(20-24-15)13-6-3-9-25-13/h2-6,9-10H,7-8H2,1H3,(H,18,21). The number of carbonyl (C=O) groups is 2. The number of thiophene rings is 1. The number of aromatic nitrogens is 2. The van der Waals surface area contributed by atoms with Crippen LogP contribution in [0.4, 0.5) is 5.69 Å². The number of rotatable bonds is 6. The summed E-state index contributed by atoms with van der Waals surface area (Å²) in [5.41, 5.74) is 0.899. The van der Waals surface area contributed by atoms with Gasteiger partial charge in [-0.05, 0) is 29.6 Å². The summed E-state index contributed by atoms with van der Waals surface area (Å²) in [7, 11) is 1.31. The van der Waals surface area contributed by atoms with E-state index in [0.717, 1.165) is 4.88 Å². The van der Waals surface area contributed by atoms with Gasteiger partial charge < -0.3 is 14.6 Å². The van der Waals surface area contributed by atoms with Gasteiger partial charge in [-0.3, -0.25) is 4.79 Å². The highest BCUT2D eigenvalue weighted by atomic mass is 32.1. The van der Waals surface area contributed by atoms with E-state index in [-0.39, 0.29) is 12.3 Å². The fraction of sp³-hybridized carbons (Fsp3) is 0.176. The van der Waals surface area contributed by atoms with Crippen LogP contribution in [0.1, 0.15) is 22.7 Å². The second-order valence-electron chi connectivity index (χ2n) is 5.11. The van der Waals surface area contributed by atoms with Gasteiger partial charge in [-0.25, -0.2) is 4.79 Å². The minimum absolute atomic E-state index is 0.189. The van der Waals surface area contributed by atoms with Gasteiger partial charge in [0.15, 0.2) is 0 Å². The van der Waals surface area contributed by atoms with Crippen molar-refractivity contribution in [1.82, 2.24) is 10.1 Å². The highest BCUT2D eigenvalue weighted by Gasteiger charge is 2.12. The number of esters is 1. The van der Waals surface area contributed by atoms with E-state index < -0.39 is 5.97 Å². The van der Waals surface area contributed by atoms with Gasteiger partial charge in [0.2, 0.25) is 17.6 Å². The normalized spacial score (nSPS) is 10.4. The molecule has 0 unspecified atom stereocenters. The van der Waals surface area contributed by atoms with Gasteiger partial charge in [-0.15, -0.1) is 11.3 Å². The number of aryl methyl sites for hydroxylation is 1. The maximum absolute atomic E-state index is 12.1. The summed E-state index contributed by atoms with van der Waals surface area (Å²) in [5.74, 6) is 0.263. The van der Waals surface area contributed by atoms with E-state index in [9.17, 15) is 9.59 Å². The van der Waals surface area contributed by atoms with Crippen LogP contribution in [0, 0.1) is 0 Å². The first-order chi connectivity index (χ1) is 12.2. The van der Waals surface area contributed by atoms with Crippen molar-refractivity contribution in [2.45, 2.75) is 12.8 Å². The Labute approximate surface area is 147 Å². The van der Waals surface area contributed by atoms with Crippen molar-refractivity contribution < 1.29 is 18.8 Å². The molecule has 0 aliphatic rings. The molecule has 1 amide bonds. The molecule has 0 saturated carbocycles. The van der Waals surface area contributed by atoms with E-state index >= 15 is 0 Å². The molecule has 0 radical (unpaired) electrons. The maximum Gasteiger partial charge on any atom is 0.337 e. The van der Waals surface area contributed by atoms with Crippen molar-refractivity contribution >= 4 is 28.9 Å². The molecular weight excluding hydrogens is 342 g/mol. The molecular formula is C17H15N3O4S. The van der Waals surface area contributed by atoms with Crippen molar-refractivity contribution in [3.8, 4) is 10.7 Å². The Kier molecular flexibility index (Phi) is 5.20. The van der Waals surface area contributed by atoms with Crippen LogP contribution in [0.2, 0.25) is 0 Å². The van der Waals surface area contributed by atoms with Gasteiger partial charge >= 0.3 is 5.97 Å². The molecule has 0 saturated heterocycles. The van der Waals surface area contributed by atoms with Crippen LogP contribution in [-0.2, 0) is 16.0 Å². The third kappa shape index (κ3) is 4.30. The summed E-state index contributed by atoms with van der Waals surface area (Å²) in [5, 5.41) is 8.57. The van der Waals surface area contributed by atoms with Crippen LogP contribution < -0.4 is 5.32 Å². The monoisotopic (exact) mass is 357 g/mol. The zero-order valence-corrected chi connectivity index (χ0v) is 14.2. The molecule has 1 N–H and O–H groups in total. The molecule has 0 bridgehead atoms. The van der Waals surface area contributed by atoms with E-state index in [1.807, 2.05) is 17.5 Å². The molecule has 2 heterocycles. The highest BCUT2D eigenvalue weighted by Crippen LogP contribution is 2.21. The Morgan fingerprint density at radius 3 is 2.92 bits per heavy atom. The summed E-state index contributed by atoms with van der Waals surface area (Å²) >= 11 is 1.52. The minimum Gasteiger partial charge on any atom is -0.465 e. The van der Waals surface area contributed by atoms with Crippen LogP contribution in [0.15, 0.2) is 46.3 Å². The summed E-state index contributed by atoms with van der Waals surface area (Å²) in [4.78, 5) is 28.7. The lowest BCUT2D eigenvalue weighted by Crippen LogP contribution is -2.13. The molecule has 25 heavy (non-hydrogen) atoms. The molecule has 0 spiro atoms. The number of amides is 1. The van der Waals surface area contributed by atoms with Crippen LogP contribution in [0.3, 0.4) is 0 Å². The molecule has 0 atom stereocenters. The fourth-order valence-electron chi connectivity index (χ4n) is 2.15. The number of carbonyl (C=O) groups excluding carboxylic acids is 2. The van der Waals surface area contributed by atoms with Crippen molar-refractivity contribution in [1.29, 1.82) is 0 Å². The Hall–Kier alpha value is -3.00. The molecule has 1 aromatic carbocycles. The Morgan fingerprint density at radius 2 is 2.16 bits per heavy atom. The summed E-state index contributed by atoms with van der Waals surface area (Å²) < 4.78 is 9.81. The highest BCUT2D eigenvalue weighted by molar-refractivity contribution is 7.13. The van der Waals surface area contributed by atoms with Gasteiger partial charge in [0.05, 0.1) is 17.6 Å². The number of benzene rings is 1. The van der Waals surface area contributed by atoms with Gasteiger partial charge in [0, 0.05) is 18.5 Å². The van der Waals surface area contributed by atoms with Gasteiger partial charge in [0.25, 0.3) is 0 Å². The summed E-state index contributed by atoms with van der Waals surface area (Å²) in [6, 6.07) is 10.4. The van der Waals surface area contributed by atoms with E-state index in [1.54, 1.807) is 24.3 Å². The summed E-state index contributed by atoms with van der Waals surface area (Å²) in [6.07, 6.45) is 0.523. The SMILES string of the molecule is COC(=O)c1cccc(NC(=O)CCc2nc(-c3cccs3)no2)c1. The van der Waals surface area contributed by atoms with Crippen molar-refractivity contribution in [3.63, 3.8) is 0 Å². The average Bonchev–Trinajstić information content (AvgIpc) is 3.30. The molecule has 8 heteroatoms. The smallest absolute Gasteiger partial charge is 0.337 e. The second kappa shape index (κ2) is 7.71. The minimum atomic E-state index is -0.455. The first-order valence-corrected chi connectivity index (χ1v) is 8.38. The van der Waals surface area contributed by atoms with Crippen molar-refractivity contribution in [2.24, 2.45) is 0 Å². The molecule has 3 aromatic rings. The Morgan fingerprint density at radius 1 is 1.28 bits per heavy atom. The maximum atomic E-state index is 12.1. The third-order valence-corrected chi connectivity index (χ3v) is 4.21. The van der Waals surface area contributed by atoms with E-state index in [2.05, 4.69) is 20.2 Å². The Bertz CT molecular complexity index is 874. The first-order valence-electron chi connectivity index (χ1n) is 7.50. The van der Waals surface area contributed by atoms with Gasteiger partial charge in [-0.1, -0.05) is 17.3 Å². The number of ether oxygens (including phenoxy) is 1. The number of nitrogens with zero attached hydrogens (tertiary/aromatic N) is 2. The number of hydrogen-bond donors (Lipinski definition) is 1. The van der Waals surface area contributed by atoms with Crippen molar-refractivity contribution in [3.05, 3.63) is 53.2 Å². The van der Waals surface area contributed by atoms with Crippen LogP contribution >= 0.6 is 11.3 Å². The van der Waals surface area contributed by atoms with E-state index in [1.165, 1.54) is 18.4 Å². The van der Waals surface area contributed by atoms with Crippen molar-refractivity contribution in [2.75, 3.05) is 12.4 Å². The zero-order chi connectivity index (χ0) is 17.6. The third-order valence-electron chi connectivity index (χ3n) is 3.34. The largest absolute Gasteiger partial charge is 0.465 e. The Balaban J connectivity index is 1.56. The number of nitrogens with one attached hydrogen (secondary N) is 1. The van der Waals surface area contributed by atoms with Gasteiger partial charge in [0.1, 0.15) is 0 Å². The summed E-state index contributed by atoms with van der Waals surface area (Å²) in [6.45, 7) is 0. The number of anilines is 1. The fourth-order valence-corrected chi connectivity index (χ4v) is 2.80. The van der Waals surface area contributed by atoms with Crippen LogP contribution in [0.25, 0.3) is 10.7 Å². The van der Waals surface area contributed by atoms with Crippen LogP contribution in [0.5, 0.6) is 0 Å². The predicted octanol–water partition coefficient (Wildman–Crippen LogP) is 3.16. The second-order valence-corrected chi connectivity index (χ2v) is 6.06. The molecule has 0 aliphatic carbocycles. The number of methoxy groups -OCH3 is 1. The van der Waals surface area contributed by atoms with E-state index in [0.29, 0.717) is 29.4 Å². The average molecular weight is 357 g/mol. The molecule has 3 rings (SSSR count). The molecule has 2 aromatic heterocycles. The lowest BCUT2D eigenvalue weighted by molar-refractivity contribution is -0.116. The quantitative estimate of drug-likeness (QED) is 0.681. The first kappa shape index (κ1) is 16.8. The lowest BCUT2D eigenvalue weighted by Gasteiger charge is -2.06. The lowest BCUT2D eigenvalue weighted by atomic mass is 10.2. The van der Waals surface area contributed by atoms with E-state index in [4.69, 9.17) is 4.52 Å². The zero-order valence-electron chi connectivity index (χ0n) is 13.4. The number of hydrogen-bond acceptors (Lipinski definition) is 7. The molecule has 7 nitrogen and oxygen atoms in total. The molecule has 0 aliphatic heterocycles. The van der Waals surface area contributed by atoms with Gasteiger partial charge in [-0.2, -0.15) is 4.98 Å².